The van der Waals surface area contributed by atoms with Gasteiger partial charge in [-0.25, -0.2) is 9.78 Å². The molecule has 2 aliphatic heterocycles. The van der Waals surface area contributed by atoms with Gasteiger partial charge in [-0.3, -0.25) is 19.3 Å². The van der Waals surface area contributed by atoms with E-state index < -0.39 is 23.4 Å². The van der Waals surface area contributed by atoms with Gasteiger partial charge in [-0.15, -0.1) is 0 Å². The number of hydrogen-bond acceptors (Lipinski definition) is 6. The lowest BCUT2D eigenvalue weighted by Gasteiger charge is -2.24. The van der Waals surface area contributed by atoms with Gasteiger partial charge in [-0.2, -0.15) is 4.39 Å². The first-order valence-corrected chi connectivity index (χ1v) is 11.8. The van der Waals surface area contributed by atoms with Crippen LogP contribution in [-0.2, 0) is 9.59 Å². The maximum Gasteiger partial charge on any atom is 0.325 e. The Balaban J connectivity index is 1.43. The predicted molar refractivity (Wildman–Crippen MR) is 121 cm³/mol. The molecule has 0 bridgehead atoms. The number of nitrogens with two attached hydrogens (primary N) is 1. The molecule has 0 spiro atoms. The summed E-state index contributed by atoms with van der Waals surface area (Å²) in [7, 11) is 0. The van der Waals surface area contributed by atoms with Gasteiger partial charge < -0.3 is 21.3 Å². The first-order chi connectivity index (χ1) is 16.2. The summed E-state index contributed by atoms with van der Waals surface area (Å²) < 4.78 is 13.7. The Morgan fingerprint density at radius 3 is 2.53 bits per heavy atom. The molecule has 0 aromatic carbocycles. The number of amides is 5. The molecule has 0 radical (unpaired) electrons. The van der Waals surface area contributed by atoms with E-state index in [9.17, 15) is 23.6 Å². The van der Waals surface area contributed by atoms with E-state index in [1.165, 1.54) is 12.1 Å². The molecule has 4 rings (SSSR count). The van der Waals surface area contributed by atoms with Crippen LogP contribution >= 0.6 is 0 Å². The number of nitrogens with zero attached hydrogens (tertiary/aromatic N) is 3. The van der Waals surface area contributed by atoms with E-state index in [1.54, 1.807) is 4.90 Å². The minimum atomic E-state index is -0.964. The SMILES string of the molecule is CCC1(CC)NC(=O)N(CC(=O)N2C[C@@H](CC3CC3)[C@H](NC(=O)c3ccc(N)c(F)n3)C2)C1=O. The van der Waals surface area contributed by atoms with Crippen LogP contribution in [0.25, 0.3) is 0 Å². The summed E-state index contributed by atoms with van der Waals surface area (Å²) in [6, 6.07) is 1.74. The van der Waals surface area contributed by atoms with Gasteiger partial charge in [0.15, 0.2) is 0 Å². The van der Waals surface area contributed by atoms with E-state index in [-0.39, 0.29) is 48.2 Å². The lowest BCUT2D eigenvalue weighted by molar-refractivity contribution is -0.138. The molecule has 2 atom stereocenters. The quantitative estimate of drug-likeness (QED) is 0.383. The van der Waals surface area contributed by atoms with E-state index in [0.29, 0.717) is 25.3 Å². The largest absolute Gasteiger partial charge is 0.395 e. The lowest BCUT2D eigenvalue weighted by Crippen LogP contribution is -2.47. The number of halogens is 1. The van der Waals surface area contributed by atoms with E-state index in [1.807, 2.05) is 13.8 Å². The first kappa shape index (κ1) is 23.9. The zero-order valence-corrected chi connectivity index (χ0v) is 19.5. The summed E-state index contributed by atoms with van der Waals surface area (Å²) in [5.41, 5.74) is 4.25. The molecular formula is C23H31FN6O4. The van der Waals surface area contributed by atoms with Crippen LogP contribution in [0.2, 0.25) is 0 Å². The fraction of sp³-hybridized carbons (Fsp3) is 0.609. The highest BCUT2D eigenvalue weighted by atomic mass is 19.1. The summed E-state index contributed by atoms with van der Waals surface area (Å²) in [4.78, 5) is 57.2. The predicted octanol–water partition coefficient (Wildman–Crippen LogP) is 1.27. The molecule has 11 heteroatoms. The van der Waals surface area contributed by atoms with Crippen molar-refractivity contribution in [1.29, 1.82) is 0 Å². The van der Waals surface area contributed by atoms with Crippen LogP contribution in [0.1, 0.15) is 56.4 Å². The third kappa shape index (κ3) is 4.55. The Hall–Kier alpha value is -3.24. The van der Waals surface area contributed by atoms with Gasteiger partial charge in [0.25, 0.3) is 11.8 Å². The summed E-state index contributed by atoms with van der Waals surface area (Å²) in [6.45, 7) is 3.97. The van der Waals surface area contributed by atoms with Crippen molar-refractivity contribution in [1.82, 2.24) is 25.4 Å². The fourth-order valence-electron chi connectivity index (χ4n) is 4.86. The summed E-state index contributed by atoms with van der Waals surface area (Å²) >= 11 is 0. The van der Waals surface area contributed by atoms with Gasteiger partial charge in [-0.05, 0) is 43.2 Å². The molecule has 10 nitrogen and oxygen atoms in total. The number of likely N-dealkylation sites (tertiary alicyclic amines) is 1. The standard InChI is InChI=1S/C23H31FN6O4/c1-3-23(4-2)21(33)30(22(34)28-23)12-18(31)29-10-14(9-13-5-6-13)17(11-29)27-20(32)16-8-7-15(25)19(24)26-16/h7-8,13-14,17H,3-6,9-12,25H2,1-2H3,(H,27,32)(H,28,34)/t14-,17-/m1/s1. The normalized spacial score (nSPS) is 23.9. The molecule has 4 N–H and O–H groups in total. The summed E-state index contributed by atoms with van der Waals surface area (Å²) in [5, 5.41) is 5.62. The average molecular weight is 475 g/mol. The van der Waals surface area contributed by atoms with Crippen molar-refractivity contribution < 1.29 is 23.6 Å². The number of hydrogen-bond donors (Lipinski definition) is 3. The molecular weight excluding hydrogens is 443 g/mol. The molecule has 1 aromatic heterocycles. The molecule has 2 saturated heterocycles. The number of anilines is 1. The van der Waals surface area contributed by atoms with Gasteiger partial charge in [0.05, 0.1) is 11.7 Å². The fourth-order valence-corrected chi connectivity index (χ4v) is 4.86. The van der Waals surface area contributed by atoms with Crippen LogP contribution in [0.5, 0.6) is 0 Å². The second-order valence-electron chi connectivity index (χ2n) is 9.51. The van der Waals surface area contributed by atoms with Gasteiger partial charge in [0.1, 0.15) is 17.8 Å². The van der Waals surface area contributed by atoms with E-state index in [4.69, 9.17) is 5.73 Å². The Kier molecular flexibility index (Phi) is 6.46. The topological polar surface area (TPSA) is 138 Å². The maximum atomic E-state index is 13.7. The van der Waals surface area contributed by atoms with Crippen molar-refractivity contribution in [2.75, 3.05) is 25.4 Å². The summed E-state index contributed by atoms with van der Waals surface area (Å²) in [5.74, 6) is -1.59. The highest BCUT2D eigenvalue weighted by molar-refractivity contribution is 6.09. The Morgan fingerprint density at radius 1 is 1.24 bits per heavy atom. The Bertz CT molecular complexity index is 1010. The van der Waals surface area contributed by atoms with E-state index in [0.717, 1.165) is 24.2 Å². The van der Waals surface area contributed by atoms with Gasteiger partial charge in [0, 0.05) is 13.1 Å². The molecule has 1 aromatic rings. The third-order valence-electron chi connectivity index (χ3n) is 7.30. The van der Waals surface area contributed by atoms with Gasteiger partial charge >= 0.3 is 6.03 Å². The Morgan fingerprint density at radius 2 is 1.94 bits per heavy atom. The number of pyridine rings is 1. The first-order valence-electron chi connectivity index (χ1n) is 11.8. The van der Waals surface area contributed by atoms with E-state index in [2.05, 4.69) is 15.6 Å². The molecule has 0 unspecified atom stereocenters. The van der Waals surface area contributed by atoms with Crippen LogP contribution in [0, 0.1) is 17.8 Å². The monoisotopic (exact) mass is 474 g/mol. The van der Waals surface area contributed by atoms with Crippen LogP contribution in [0.3, 0.4) is 0 Å². The van der Waals surface area contributed by atoms with Crippen molar-refractivity contribution in [2.24, 2.45) is 11.8 Å². The smallest absolute Gasteiger partial charge is 0.325 e. The Labute approximate surface area is 197 Å². The van der Waals surface area contributed by atoms with E-state index >= 15 is 0 Å². The van der Waals surface area contributed by atoms with Crippen molar-refractivity contribution >= 4 is 29.4 Å². The van der Waals surface area contributed by atoms with Gasteiger partial charge in [-0.1, -0.05) is 26.7 Å². The van der Waals surface area contributed by atoms with Crippen molar-refractivity contribution in [2.45, 2.75) is 57.5 Å². The minimum absolute atomic E-state index is 0.0208. The zero-order chi connectivity index (χ0) is 24.6. The number of imide groups is 1. The number of aromatic nitrogens is 1. The molecule has 184 valence electrons. The number of urea groups is 1. The molecule has 3 heterocycles. The van der Waals surface area contributed by atoms with Crippen LogP contribution < -0.4 is 16.4 Å². The second kappa shape index (κ2) is 9.19. The van der Waals surface area contributed by atoms with Crippen LogP contribution in [-0.4, -0.2) is 69.8 Å². The van der Waals surface area contributed by atoms with Crippen LogP contribution in [0.15, 0.2) is 12.1 Å². The molecule has 34 heavy (non-hydrogen) atoms. The maximum absolute atomic E-state index is 13.7. The van der Waals surface area contributed by atoms with Crippen LogP contribution in [0.4, 0.5) is 14.9 Å². The van der Waals surface area contributed by atoms with Crippen molar-refractivity contribution in [3.05, 3.63) is 23.8 Å². The average Bonchev–Trinajstić information content (AvgIpc) is 3.50. The summed E-state index contributed by atoms with van der Waals surface area (Å²) in [6.07, 6.45) is 3.98. The number of carbonyl (C=O) groups excluding carboxylic acids is 4. The highest BCUT2D eigenvalue weighted by Crippen LogP contribution is 2.38. The number of nitrogens with one attached hydrogen (secondary N) is 2. The highest BCUT2D eigenvalue weighted by Gasteiger charge is 2.50. The zero-order valence-electron chi connectivity index (χ0n) is 19.5. The lowest BCUT2D eigenvalue weighted by atomic mass is 9.93. The van der Waals surface area contributed by atoms with Crippen molar-refractivity contribution in [3.8, 4) is 0 Å². The minimum Gasteiger partial charge on any atom is -0.395 e. The molecule has 5 amide bonds. The number of nitrogen functional groups attached to an aromatic ring is 1. The molecule has 3 fully saturated rings. The van der Waals surface area contributed by atoms with Gasteiger partial charge in [0.2, 0.25) is 11.9 Å². The second-order valence-corrected chi connectivity index (χ2v) is 9.51. The third-order valence-corrected chi connectivity index (χ3v) is 7.30. The molecule has 3 aliphatic rings. The molecule has 1 aliphatic carbocycles. The number of rotatable bonds is 8. The van der Waals surface area contributed by atoms with Crippen molar-refractivity contribution in [3.63, 3.8) is 0 Å². The number of carbonyl (C=O) groups is 4. The molecule has 1 saturated carbocycles.